The number of hydrogen-bond donors (Lipinski definition) is 1. The van der Waals surface area contributed by atoms with E-state index in [1.54, 1.807) is 0 Å². The highest BCUT2D eigenvalue weighted by atomic mass is 16.7. The van der Waals surface area contributed by atoms with E-state index < -0.39 is 0 Å². The molecular formula is C16H15NO3. The molecule has 0 fully saturated rings. The van der Waals surface area contributed by atoms with Gasteiger partial charge in [0.2, 0.25) is 6.79 Å². The first-order chi connectivity index (χ1) is 9.90. The lowest BCUT2D eigenvalue weighted by Gasteiger charge is -2.10. The molecule has 2 aromatic carbocycles. The third-order valence-electron chi connectivity index (χ3n) is 3.65. The van der Waals surface area contributed by atoms with E-state index in [0.29, 0.717) is 13.3 Å². The zero-order chi connectivity index (χ0) is 13.4. The maximum absolute atomic E-state index is 5.51. The maximum Gasteiger partial charge on any atom is 0.231 e. The highest BCUT2D eigenvalue weighted by Crippen LogP contribution is 2.36. The highest BCUT2D eigenvalue weighted by Gasteiger charge is 2.17. The van der Waals surface area contributed by atoms with Crippen molar-refractivity contribution in [3.05, 3.63) is 47.5 Å². The minimum atomic E-state index is 0.308. The molecule has 102 valence electrons. The first-order valence-corrected chi connectivity index (χ1v) is 6.77. The van der Waals surface area contributed by atoms with Crippen molar-refractivity contribution in [1.29, 1.82) is 0 Å². The summed E-state index contributed by atoms with van der Waals surface area (Å²) in [5, 5.41) is 3.43. The molecule has 0 saturated heterocycles. The molecule has 2 aliphatic rings. The minimum Gasteiger partial charge on any atom is -0.493 e. The van der Waals surface area contributed by atoms with Crippen LogP contribution in [0.4, 0.5) is 5.69 Å². The molecule has 0 amide bonds. The van der Waals surface area contributed by atoms with Gasteiger partial charge in [-0.3, -0.25) is 0 Å². The molecule has 2 aromatic rings. The van der Waals surface area contributed by atoms with E-state index in [9.17, 15) is 0 Å². The Bertz CT molecular complexity index is 654. The van der Waals surface area contributed by atoms with Gasteiger partial charge in [-0.2, -0.15) is 0 Å². The van der Waals surface area contributed by atoms with Crippen LogP contribution in [0.25, 0.3) is 0 Å². The van der Waals surface area contributed by atoms with Crippen LogP contribution in [0.3, 0.4) is 0 Å². The van der Waals surface area contributed by atoms with Gasteiger partial charge in [-0.25, -0.2) is 0 Å². The Kier molecular flexibility index (Phi) is 2.66. The summed E-state index contributed by atoms with van der Waals surface area (Å²) in [6.07, 6.45) is 0.989. The first-order valence-electron chi connectivity index (χ1n) is 6.77. The number of rotatable bonds is 3. The van der Waals surface area contributed by atoms with E-state index in [2.05, 4.69) is 17.4 Å². The van der Waals surface area contributed by atoms with Crippen LogP contribution < -0.4 is 19.5 Å². The van der Waals surface area contributed by atoms with Crippen LogP contribution in [0, 0.1) is 0 Å². The fourth-order valence-corrected chi connectivity index (χ4v) is 2.62. The Morgan fingerprint density at radius 1 is 1.00 bits per heavy atom. The average molecular weight is 269 g/mol. The summed E-state index contributed by atoms with van der Waals surface area (Å²) in [7, 11) is 0. The van der Waals surface area contributed by atoms with Crippen molar-refractivity contribution in [3.8, 4) is 17.2 Å². The summed E-state index contributed by atoms with van der Waals surface area (Å²) in [5.41, 5.74) is 3.48. The van der Waals surface area contributed by atoms with Gasteiger partial charge >= 0.3 is 0 Å². The molecule has 0 radical (unpaired) electrons. The topological polar surface area (TPSA) is 39.7 Å². The van der Waals surface area contributed by atoms with Gasteiger partial charge in [0.25, 0.3) is 0 Å². The van der Waals surface area contributed by atoms with Crippen LogP contribution in [-0.4, -0.2) is 13.4 Å². The second-order valence-electron chi connectivity index (χ2n) is 4.93. The van der Waals surface area contributed by atoms with Gasteiger partial charge in [0.1, 0.15) is 5.75 Å². The van der Waals surface area contributed by atoms with Crippen LogP contribution in [0.5, 0.6) is 17.2 Å². The van der Waals surface area contributed by atoms with Gasteiger partial charge in [-0.1, -0.05) is 12.1 Å². The number of para-hydroxylation sites is 1. The van der Waals surface area contributed by atoms with Crippen molar-refractivity contribution in [2.75, 3.05) is 18.7 Å². The highest BCUT2D eigenvalue weighted by molar-refractivity contribution is 5.54. The summed E-state index contributed by atoms with van der Waals surface area (Å²) in [5.74, 6) is 2.68. The van der Waals surface area contributed by atoms with Gasteiger partial charge in [-0.05, 0) is 29.8 Å². The lowest BCUT2D eigenvalue weighted by Crippen LogP contribution is -2.01. The Labute approximate surface area is 117 Å². The number of nitrogens with one attached hydrogen (secondary N) is 1. The largest absolute Gasteiger partial charge is 0.493 e. The van der Waals surface area contributed by atoms with E-state index in [1.165, 1.54) is 5.56 Å². The molecule has 0 spiro atoms. The van der Waals surface area contributed by atoms with Gasteiger partial charge in [0.15, 0.2) is 11.5 Å². The summed E-state index contributed by atoms with van der Waals surface area (Å²) in [6.45, 7) is 1.81. The van der Waals surface area contributed by atoms with Crippen LogP contribution in [-0.2, 0) is 13.0 Å². The third-order valence-corrected chi connectivity index (χ3v) is 3.65. The predicted molar refractivity (Wildman–Crippen MR) is 75.5 cm³/mol. The van der Waals surface area contributed by atoms with E-state index in [1.807, 2.05) is 24.3 Å². The monoisotopic (exact) mass is 269 g/mol. The predicted octanol–water partition coefficient (Wildman–Crippen LogP) is 2.96. The van der Waals surface area contributed by atoms with Crippen molar-refractivity contribution in [2.24, 2.45) is 0 Å². The van der Waals surface area contributed by atoms with E-state index in [0.717, 1.165) is 41.5 Å². The molecule has 0 atom stereocenters. The van der Waals surface area contributed by atoms with Crippen LogP contribution in [0.1, 0.15) is 11.1 Å². The van der Waals surface area contributed by atoms with Gasteiger partial charge < -0.3 is 19.5 Å². The number of anilines is 1. The van der Waals surface area contributed by atoms with E-state index in [4.69, 9.17) is 14.2 Å². The van der Waals surface area contributed by atoms with Crippen LogP contribution >= 0.6 is 0 Å². The van der Waals surface area contributed by atoms with Crippen molar-refractivity contribution in [2.45, 2.75) is 13.0 Å². The van der Waals surface area contributed by atoms with Crippen molar-refractivity contribution >= 4 is 5.69 Å². The molecule has 0 unspecified atom stereocenters. The summed E-state index contributed by atoms with van der Waals surface area (Å²) >= 11 is 0. The number of ether oxygens (including phenoxy) is 3. The molecule has 20 heavy (non-hydrogen) atoms. The van der Waals surface area contributed by atoms with Crippen LogP contribution in [0.2, 0.25) is 0 Å². The lowest BCUT2D eigenvalue weighted by atomic mass is 10.1. The molecule has 2 heterocycles. The van der Waals surface area contributed by atoms with Gasteiger partial charge in [0, 0.05) is 24.2 Å². The molecule has 1 N–H and O–H groups in total. The summed E-state index contributed by atoms with van der Waals surface area (Å²) in [6, 6.07) is 12.2. The molecule has 2 aliphatic heterocycles. The Morgan fingerprint density at radius 3 is 3.00 bits per heavy atom. The Hall–Kier alpha value is -2.36. The third kappa shape index (κ3) is 1.93. The molecule has 4 heteroatoms. The second-order valence-corrected chi connectivity index (χ2v) is 4.93. The molecule has 0 bridgehead atoms. The zero-order valence-electron chi connectivity index (χ0n) is 11.0. The first kappa shape index (κ1) is 11.5. The van der Waals surface area contributed by atoms with Crippen molar-refractivity contribution < 1.29 is 14.2 Å². The normalized spacial score (nSPS) is 14.8. The van der Waals surface area contributed by atoms with Gasteiger partial charge in [0.05, 0.1) is 6.61 Å². The number of fused-ring (bicyclic) bond motifs is 2. The van der Waals surface area contributed by atoms with Crippen LogP contribution in [0.15, 0.2) is 36.4 Å². The molecular weight excluding hydrogens is 254 g/mol. The molecule has 4 rings (SSSR count). The second kappa shape index (κ2) is 4.63. The van der Waals surface area contributed by atoms with E-state index >= 15 is 0 Å². The quantitative estimate of drug-likeness (QED) is 0.930. The maximum atomic E-state index is 5.51. The summed E-state index contributed by atoms with van der Waals surface area (Å²) in [4.78, 5) is 0. The smallest absolute Gasteiger partial charge is 0.231 e. The number of hydrogen-bond acceptors (Lipinski definition) is 4. The Balaban J connectivity index is 1.52. The zero-order valence-corrected chi connectivity index (χ0v) is 11.0. The van der Waals surface area contributed by atoms with Crippen molar-refractivity contribution in [3.63, 3.8) is 0 Å². The molecule has 0 saturated carbocycles. The average Bonchev–Trinajstić information content (AvgIpc) is 3.13. The lowest BCUT2D eigenvalue weighted by molar-refractivity contribution is 0.173. The molecule has 0 aliphatic carbocycles. The van der Waals surface area contributed by atoms with E-state index in [-0.39, 0.29) is 0 Å². The fraction of sp³-hybridized carbons (Fsp3) is 0.250. The fourth-order valence-electron chi connectivity index (χ4n) is 2.62. The molecule has 0 aromatic heterocycles. The van der Waals surface area contributed by atoms with Gasteiger partial charge in [-0.15, -0.1) is 0 Å². The number of benzene rings is 2. The standard InChI is InChI=1S/C16H15NO3/c1-2-12(16-15(3-1)19-10-20-16)9-17-13-4-5-14-11(8-13)6-7-18-14/h1-5,8,17H,6-7,9-10H2. The van der Waals surface area contributed by atoms with Crippen molar-refractivity contribution in [1.82, 2.24) is 0 Å². The summed E-state index contributed by atoms with van der Waals surface area (Å²) < 4.78 is 16.4. The minimum absolute atomic E-state index is 0.308. The SMILES string of the molecule is c1cc(CNc2ccc3c(c2)CCO3)c2c(c1)OCO2. The molecule has 4 nitrogen and oxygen atoms in total. The Morgan fingerprint density at radius 2 is 2.00 bits per heavy atom.